The first-order chi connectivity index (χ1) is 14.8. The second kappa shape index (κ2) is 10.2. The molecule has 0 radical (unpaired) electrons. The quantitative estimate of drug-likeness (QED) is 0.337. The van der Waals surface area contributed by atoms with E-state index < -0.39 is 44.6 Å². The molecule has 0 aromatic heterocycles. The first-order valence-electron chi connectivity index (χ1n) is 10.8. The maximum atomic E-state index is 12.9. The van der Waals surface area contributed by atoms with Crippen LogP contribution in [0.3, 0.4) is 0 Å². The van der Waals surface area contributed by atoms with Crippen molar-refractivity contribution in [1.82, 2.24) is 5.23 Å². The molecule has 2 aliphatic heterocycles. The number of nitrogens with zero attached hydrogens (tertiary/aromatic N) is 1. The summed E-state index contributed by atoms with van der Waals surface area (Å²) < 4.78 is 16.8. The number of benzene rings is 1. The number of esters is 2. The molecule has 0 N–H and O–H groups in total. The fourth-order valence-electron chi connectivity index (χ4n) is 4.14. The van der Waals surface area contributed by atoms with Crippen LogP contribution in [-0.4, -0.2) is 63.5 Å². The van der Waals surface area contributed by atoms with Crippen molar-refractivity contribution in [2.75, 3.05) is 13.7 Å². The third-order valence-corrected chi connectivity index (χ3v) is 8.33. The molecule has 2 heterocycles. The lowest BCUT2D eigenvalue weighted by atomic mass is 10.00. The van der Waals surface area contributed by atoms with Crippen molar-refractivity contribution in [2.24, 2.45) is 0 Å². The van der Waals surface area contributed by atoms with E-state index in [1.54, 1.807) is 24.3 Å². The van der Waals surface area contributed by atoms with Gasteiger partial charge in [-0.25, -0.2) is 14.4 Å². The molecule has 2 aliphatic rings. The molecule has 3 rings (SSSR count). The standard InChI is InChI=1S/C22H33NO7Si/c1-6-7-13-27-17-14-16(28-21(24)15-11-9-8-10-12-15)18-20(31(3,4)5)19(22(25)26-2)30-23(18)29-17/h8-12,16-20H,6-7,13-14H2,1-5H3/t16-,17-,18-,19-,20-/m0/s1. The van der Waals surface area contributed by atoms with Gasteiger partial charge in [0.25, 0.3) is 0 Å². The zero-order chi connectivity index (χ0) is 22.6. The van der Waals surface area contributed by atoms with E-state index in [9.17, 15) is 9.59 Å². The number of hydroxylamine groups is 2. The minimum absolute atomic E-state index is 0.190. The fraction of sp³-hybridized carbons (Fsp3) is 0.636. The lowest BCUT2D eigenvalue weighted by Gasteiger charge is -2.41. The summed E-state index contributed by atoms with van der Waals surface area (Å²) in [5.41, 5.74) is 0.280. The summed E-state index contributed by atoms with van der Waals surface area (Å²) in [5, 5.41) is 1.33. The SMILES string of the molecule is CCCCO[C@@H]1C[C@H](OC(=O)c2ccccc2)[C@H]2[C@H]([Si](C)(C)C)[C@@H](C(=O)OC)ON2O1. The first kappa shape index (κ1) is 23.9. The molecule has 9 heteroatoms. The molecule has 172 valence electrons. The molecule has 31 heavy (non-hydrogen) atoms. The molecule has 0 unspecified atom stereocenters. The van der Waals surface area contributed by atoms with Crippen LogP contribution in [0.1, 0.15) is 36.5 Å². The smallest absolute Gasteiger partial charge is 0.338 e. The second-order valence-corrected chi connectivity index (χ2v) is 14.4. The number of ether oxygens (including phenoxy) is 3. The number of carbonyl (C=O) groups is 2. The summed E-state index contributed by atoms with van der Waals surface area (Å²) >= 11 is 0. The van der Waals surface area contributed by atoms with E-state index in [0.717, 1.165) is 12.8 Å². The van der Waals surface area contributed by atoms with Crippen LogP contribution in [0.4, 0.5) is 0 Å². The average Bonchev–Trinajstić information content (AvgIpc) is 3.14. The topological polar surface area (TPSA) is 83.5 Å². The lowest BCUT2D eigenvalue weighted by molar-refractivity contribution is -0.442. The predicted octanol–water partition coefficient (Wildman–Crippen LogP) is 3.56. The van der Waals surface area contributed by atoms with Crippen LogP contribution in [0.2, 0.25) is 25.2 Å². The van der Waals surface area contributed by atoms with Crippen LogP contribution in [0, 0.1) is 0 Å². The van der Waals surface area contributed by atoms with E-state index in [-0.39, 0.29) is 5.54 Å². The molecule has 2 fully saturated rings. The van der Waals surface area contributed by atoms with Crippen LogP contribution in [-0.2, 0) is 28.7 Å². The highest BCUT2D eigenvalue weighted by molar-refractivity contribution is 6.78. The molecule has 2 saturated heterocycles. The Morgan fingerprint density at radius 2 is 1.87 bits per heavy atom. The Labute approximate surface area is 184 Å². The molecule has 0 saturated carbocycles. The summed E-state index contributed by atoms with van der Waals surface area (Å²) in [6.07, 6.45) is 0.246. The van der Waals surface area contributed by atoms with Crippen molar-refractivity contribution >= 4 is 20.0 Å². The van der Waals surface area contributed by atoms with Gasteiger partial charge in [-0.3, -0.25) is 4.84 Å². The van der Waals surface area contributed by atoms with Crippen molar-refractivity contribution in [3.05, 3.63) is 35.9 Å². The highest BCUT2D eigenvalue weighted by atomic mass is 28.3. The van der Waals surface area contributed by atoms with Gasteiger partial charge in [0.15, 0.2) is 12.4 Å². The summed E-state index contributed by atoms with van der Waals surface area (Å²) in [5.74, 6) is -0.877. The molecule has 0 bridgehead atoms. The predicted molar refractivity (Wildman–Crippen MR) is 116 cm³/mol. The maximum absolute atomic E-state index is 12.9. The zero-order valence-corrected chi connectivity index (χ0v) is 19.9. The third kappa shape index (κ3) is 5.53. The fourth-order valence-corrected chi connectivity index (χ4v) is 6.60. The Morgan fingerprint density at radius 3 is 2.48 bits per heavy atom. The number of fused-ring (bicyclic) bond motifs is 1. The Morgan fingerprint density at radius 1 is 1.16 bits per heavy atom. The van der Waals surface area contributed by atoms with Crippen LogP contribution < -0.4 is 0 Å². The van der Waals surface area contributed by atoms with Gasteiger partial charge in [-0.05, 0) is 18.6 Å². The van der Waals surface area contributed by atoms with Crippen LogP contribution in [0.25, 0.3) is 0 Å². The van der Waals surface area contributed by atoms with Crippen molar-refractivity contribution in [2.45, 2.75) is 75.9 Å². The van der Waals surface area contributed by atoms with Gasteiger partial charge >= 0.3 is 11.9 Å². The van der Waals surface area contributed by atoms with Gasteiger partial charge in [-0.1, -0.05) is 56.4 Å². The first-order valence-corrected chi connectivity index (χ1v) is 14.4. The largest absolute Gasteiger partial charge is 0.467 e. The van der Waals surface area contributed by atoms with E-state index >= 15 is 0 Å². The second-order valence-electron chi connectivity index (χ2n) is 9.02. The monoisotopic (exact) mass is 451 g/mol. The molecule has 5 atom stereocenters. The Hall–Kier alpha value is -1.78. The summed E-state index contributed by atoms with van der Waals surface area (Å²) in [6, 6.07) is 8.44. The lowest BCUT2D eigenvalue weighted by Crippen LogP contribution is -2.55. The highest BCUT2D eigenvalue weighted by Crippen LogP contribution is 2.46. The average molecular weight is 452 g/mol. The van der Waals surface area contributed by atoms with Gasteiger partial charge in [0.2, 0.25) is 0 Å². The van der Waals surface area contributed by atoms with E-state index in [2.05, 4.69) is 26.6 Å². The molecule has 8 nitrogen and oxygen atoms in total. The highest BCUT2D eigenvalue weighted by Gasteiger charge is 2.60. The zero-order valence-electron chi connectivity index (χ0n) is 18.9. The van der Waals surface area contributed by atoms with Crippen molar-refractivity contribution in [1.29, 1.82) is 0 Å². The Kier molecular flexibility index (Phi) is 7.87. The van der Waals surface area contributed by atoms with Crippen molar-refractivity contribution in [3.63, 3.8) is 0 Å². The minimum atomic E-state index is -1.98. The Bertz CT molecular complexity index is 754. The van der Waals surface area contributed by atoms with E-state index in [1.165, 1.54) is 12.3 Å². The van der Waals surface area contributed by atoms with Crippen LogP contribution in [0.15, 0.2) is 30.3 Å². The third-order valence-electron chi connectivity index (χ3n) is 5.69. The number of carbonyl (C=O) groups excluding carboxylic acids is 2. The normalized spacial score (nSPS) is 28.7. The van der Waals surface area contributed by atoms with Gasteiger partial charge in [0.05, 0.1) is 20.7 Å². The van der Waals surface area contributed by atoms with Crippen molar-refractivity contribution < 1.29 is 33.5 Å². The number of unbranched alkanes of at least 4 members (excludes halogenated alkanes) is 1. The van der Waals surface area contributed by atoms with Gasteiger partial charge < -0.3 is 14.2 Å². The molecule has 1 aromatic rings. The molecular weight excluding hydrogens is 418 g/mol. The van der Waals surface area contributed by atoms with Crippen molar-refractivity contribution in [3.8, 4) is 0 Å². The van der Waals surface area contributed by atoms with Crippen LogP contribution in [0.5, 0.6) is 0 Å². The summed E-state index contributed by atoms with van der Waals surface area (Å²) in [7, 11) is -0.637. The van der Waals surface area contributed by atoms with Crippen LogP contribution >= 0.6 is 0 Å². The van der Waals surface area contributed by atoms with E-state index in [1.807, 2.05) is 6.07 Å². The number of hydrogen-bond acceptors (Lipinski definition) is 8. The van der Waals surface area contributed by atoms with E-state index in [4.69, 9.17) is 23.9 Å². The maximum Gasteiger partial charge on any atom is 0.338 e. The molecule has 0 spiro atoms. The van der Waals surface area contributed by atoms with Gasteiger partial charge in [0, 0.05) is 18.6 Å². The number of methoxy groups -OCH3 is 1. The molecular formula is C22H33NO7Si. The van der Waals surface area contributed by atoms with Gasteiger partial charge in [0.1, 0.15) is 12.1 Å². The Balaban J connectivity index is 1.88. The van der Waals surface area contributed by atoms with E-state index in [0.29, 0.717) is 18.6 Å². The van der Waals surface area contributed by atoms with Gasteiger partial charge in [-0.2, -0.15) is 0 Å². The van der Waals surface area contributed by atoms with Gasteiger partial charge in [-0.15, -0.1) is 0 Å². The summed E-state index contributed by atoms with van der Waals surface area (Å²) in [6.45, 7) is 9.06. The molecule has 0 amide bonds. The number of rotatable bonds is 8. The molecule has 0 aliphatic carbocycles. The number of hydrogen-bond donors (Lipinski definition) is 0. The summed E-state index contributed by atoms with van der Waals surface area (Å²) in [4.78, 5) is 37.2. The molecule has 1 aromatic carbocycles. The minimum Gasteiger partial charge on any atom is -0.467 e.